The van der Waals surface area contributed by atoms with Crippen LogP contribution in [-0.2, 0) is 9.53 Å². The number of rotatable bonds is 11. The summed E-state index contributed by atoms with van der Waals surface area (Å²) in [6, 6.07) is 0. The number of aliphatic carboxylic acids is 1. The summed E-state index contributed by atoms with van der Waals surface area (Å²) < 4.78 is 6.63. The highest BCUT2D eigenvalue weighted by molar-refractivity contribution is 5.66. The Morgan fingerprint density at radius 1 is 1.18 bits per heavy atom. The normalized spacial score (nSPS) is 33.5. The van der Waals surface area contributed by atoms with Gasteiger partial charge in [-0.1, -0.05) is 70.3 Å². The summed E-state index contributed by atoms with van der Waals surface area (Å²) in [6.45, 7) is 5.01. The van der Waals surface area contributed by atoms with Crippen LogP contribution in [0, 0.1) is 35.5 Å². The second-order valence-corrected chi connectivity index (χ2v) is 10.7. The van der Waals surface area contributed by atoms with Crippen LogP contribution in [0.15, 0.2) is 11.6 Å². The number of fused-ring (bicyclic) bond motifs is 1. The minimum atomic E-state index is -0.779. The first-order valence-electron chi connectivity index (χ1n) is 13.9. The average Bonchev–Trinajstić information content (AvgIpc) is 2.83. The lowest BCUT2D eigenvalue weighted by Gasteiger charge is -2.62. The number of allylic oxidation sites excluding steroid dienone is 1. The van der Waals surface area contributed by atoms with Crippen LogP contribution < -0.4 is 0 Å². The van der Waals surface area contributed by atoms with Crippen LogP contribution in [0.1, 0.15) is 104 Å². The van der Waals surface area contributed by atoms with E-state index in [2.05, 4.69) is 31.8 Å². The van der Waals surface area contributed by atoms with Gasteiger partial charge in [0.1, 0.15) is 6.10 Å². The third-order valence-electron chi connectivity index (χ3n) is 8.42. The maximum atomic E-state index is 11.2. The lowest BCUT2D eigenvalue weighted by molar-refractivity contribution is -0.183. The molecule has 5 nitrogen and oxygen atoms in total. The molecule has 0 amide bonds. The number of hydrogen-bond donors (Lipinski definition) is 3. The fraction of sp³-hybridized carbons (Fsp3) is 0.828. The summed E-state index contributed by atoms with van der Waals surface area (Å²) in [5.74, 6) is 6.14. The molecular formula is C29H46O5. The second kappa shape index (κ2) is 13.1. The van der Waals surface area contributed by atoms with E-state index in [1.807, 2.05) is 0 Å². The van der Waals surface area contributed by atoms with Crippen molar-refractivity contribution in [3.63, 3.8) is 0 Å². The van der Waals surface area contributed by atoms with Gasteiger partial charge in [-0.25, -0.2) is 0 Å². The molecule has 0 aromatic rings. The summed E-state index contributed by atoms with van der Waals surface area (Å²) >= 11 is 0. The fourth-order valence-electron chi connectivity index (χ4n) is 6.58. The molecule has 0 aromatic heterocycles. The highest BCUT2D eigenvalue weighted by Gasteiger charge is 2.63. The molecule has 3 saturated carbocycles. The first-order valence-corrected chi connectivity index (χ1v) is 13.9. The fourth-order valence-corrected chi connectivity index (χ4v) is 6.58. The minimum absolute atomic E-state index is 0.0989. The van der Waals surface area contributed by atoms with Gasteiger partial charge in [-0.15, -0.1) is 0 Å². The van der Waals surface area contributed by atoms with Crippen LogP contribution in [0.4, 0.5) is 0 Å². The second-order valence-electron chi connectivity index (χ2n) is 10.7. The van der Waals surface area contributed by atoms with Crippen molar-refractivity contribution in [1.29, 1.82) is 0 Å². The van der Waals surface area contributed by atoms with E-state index in [4.69, 9.17) is 9.84 Å². The topological polar surface area (TPSA) is 87.0 Å². The van der Waals surface area contributed by atoms with Crippen molar-refractivity contribution < 1.29 is 24.9 Å². The first kappa shape index (κ1) is 27.2. The van der Waals surface area contributed by atoms with Crippen molar-refractivity contribution >= 4 is 5.97 Å². The number of ether oxygens (including phenoxy) is 1. The van der Waals surface area contributed by atoms with E-state index in [0.29, 0.717) is 19.4 Å². The van der Waals surface area contributed by atoms with Crippen LogP contribution >= 0.6 is 0 Å². The van der Waals surface area contributed by atoms with Crippen molar-refractivity contribution in [2.75, 3.05) is 6.61 Å². The van der Waals surface area contributed by atoms with Crippen molar-refractivity contribution in [3.8, 4) is 11.8 Å². The average molecular weight is 475 g/mol. The Labute approximate surface area is 206 Å². The largest absolute Gasteiger partial charge is 0.481 e. The zero-order chi connectivity index (χ0) is 24.6. The zero-order valence-corrected chi connectivity index (χ0v) is 21.3. The monoisotopic (exact) mass is 474 g/mol. The lowest BCUT2D eigenvalue weighted by Crippen LogP contribution is -2.65. The quantitative estimate of drug-likeness (QED) is 0.210. The van der Waals surface area contributed by atoms with Crippen molar-refractivity contribution in [1.82, 2.24) is 0 Å². The van der Waals surface area contributed by atoms with Gasteiger partial charge in [-0.2, -0.15) is 0 Å². The van der Waals surface area contributed by atoms with Gasteiger partial charge in [-0.05, 0) is 62.4 Å². The minimum Gasteiger partial charge on any atom is -0.481 e. The van der Waals surface area contributed by atoms with Gasteiger partial charge in [0.2, 0.25) is 0 Å². The molecule has 3 N–H and O–H groups in total. The van der Waals surface area contributed by atoms with E-state index >= 15 is 0 Å². The Bertz CT molecular complexity index is 743. The van der Waals surface area contributed by atoms with Crippen molar-refractivity contribution in [2.45, 2.75) is 122 Å². The van der Waals surface area contributed by atoms with E-state index < -0.39 is 23.8 Å². The summed E-state index contributed by atoms with van der Waals surface area (Å²) in [5, 5.41) is 31.0. The Balaban J connectivity index is 1.88. The number of hydrogen-bond acceptors (Lipinski definition) is 4. The molecule has 0 bridgehead atoms. The molecule has 0 aliphatic heterocycles. The van der Waals surface area contributed by atoms with E-state index in [1.165, 1.54) is 12.0 Å². The van der Waals surface area contributed by atoms with Crippen LogP contribution in [0.5, 0.6) is 0 Å². The molecule has 3 fully saturated rings. The van der Waals surface area contributed by atoms with Gasteiger partial charge in [0, 0.05) is 18.9 Å². The molecule has 0 aromatic carbocycles. The molecule has 6 atom stereocenters. The molecule has 3 aliphatic carbocycles. The van der Waals surface area contributed by atoms with Gasteiger partial charge < -0.3 is 20.1 Å². The maximum Gasteiger partial charge on any atom is 0.303 e. The number of carboxylic acid groups (broad SMARTS) is 1. The summed E-state index contributed by atoms with van der Waals surface area (Å²) in [7, 11) is 0. The third-order valence-corrected chi connectivity index (χ3v) is 8.42. The van der Waals surface area contributed by atoms with Gasteiger partial charge >= 0.3 is 5.97 Å². The van der Waals surface area contributed by atoms with E-state index in [9.17, 15) is 15.0 Å². The molecule has 2 unspecified atom stereocenters. The number of unbranched alkanes of at least 4 members (excludes halogenated alkanes) is 2. The van der Waals surface area contributed by atoms with Crippen molar-refractivity contribution in [2.24, 2.45) is 23.7 Å². The maximum absolute atomic E-state index is 11.2. The van der Waals surface area contributed by atoms with Crippen LogP contribution in [0.2, 0.25) is 0 Å². The molecule has 0 saturated heterocycles. The van der Waals surface area contributed by atoms with Crippen LogP contribution in [0.3, 0.4) is 0 Å². The van der Waals surface area contributed by atoms with Gasteiger partial charge in [0.25, 0.3) is 0 Å². The zero-order valence-electron chi connectivity index (χ0n) is 21.3. The summed E-state index contributed by atoms with van der Waals surface area (Å²) in [6.07, 6.45) is 13.9. The molecular weight excluding hydrogens is 428 g/mol. The predicted octanol–water partition coefficient (Wildman–Crippen LogP) is 5.48. The third kappa shape index (κ3) is 6.25. The molecule has 34 heavy (non-hydrogen) atoms. The number of carbonyl (C=O) groups is 1. The van der Waals surface area contributed by atoms with E-state index in [-0.39, 0.29) is 30.1 Å². The van der Waals surface area contributed by atoms with Gasteiger partial charge in [0.15, 0.2) is 0 Å². The van der Waals surface area contributed by atoms with E-state index in [1.54, 1.807) is 0 Å². The van der Waals surface area contributed by atoms with Gasteiger partial charge in [-0.3, -0.25) is 4.79 Å². The summed E-state index contributed by atoms with van der Waals surface area (Å²) in [4.78, 5) is 11.2. The Hall–Kier alpha value is -1.35. The smallest absolute Gasteiger partial charge is 0.303 e. The lowest BCUT2D eigenvalue weighted by atomic mass is 9.47. The standard InChI is InChI=1S/C29H46O5/c1-3-5-13-22-24(14-10-15-27(32)33)29(34-20-6-4-2)19-18-26(31)23(28(22)29)16-17-25(30)21-11-8-7-9-12-21/h14,21-23,25-26,28,30-31H,3-13,15,18-20H2,1-2H3,(H,32,33)/t22?,23-,25?,26+,28+,29-/m1/s1. The molecule has 0 radical (unpaired) electrons. The highest BCUT2D eigenvalue weighted by atomic mass is 16.5. The molecule has 192 valence electrons. The molecule has 5 heteroatoms. The molecule has 3 rings (SSSR count). The Morgan fingerprint density at radius 2 is 1.91 bits per heavy atom. The predicted molar refractivity (Wildman–Crippen MR) is 134 cm³/mol. The highest BCUT2D eigenvalue weighted by Crippen LogP contribution is 2.62. The summed E-state index contributed by atoms with van der Waals surface area (Å²) in [5.41, 5.74) is 0.801. The number of carboxylic acids is 1. The molecule has 3 aliphatic rings. The Morgan fingerprint density at radius 3 is 2.59 bits per heavy atom. The first-order chi connectivity index (χ1) is 16.4. The van der Waals surface area contributed by atoms with E-state index in [0.717, 1.165) is 64.2 Å². The SMILES string of the molecule is CCCCO[C@@]12CC[C@H](O)[C@@H](C#CC(O)C3CCCCC3)[C@@H]1C(CCCC)C2=CCCC(=O)O. The Kier molecular flexibility index (Phi) is 10.5. The number of aliphatic hydroxyl groups excluding tert-OH is 2. The van der Waals surface area contributed by atoms with Gasteiger partial charge in [0.05, 0.1) is 17.6 Å². The molecule has 0 spiro atoms. The van der Waals surface area contributed by atoms with Crippen molar-refractivity contribution in [3.05, 3.63) is 11.6 Å². The van der Waals surface area contributed by atoms with Crippen LogP contribution in [-0.4, -0.2) is 45.7 Å². The number of aliphatic hydroxyl groups is 2. The van der Waals surface area contributed by atoms with Crippen LogP contribution in [0.25, 0.3) is 0 Å². The molecule has 0 heterocycles.